The van der Waals surface area contributed by atoms with Gasteiger partial charge in [0, 0.05) is 6.54 Å². The van der Waals surface area contributed by atoms with Gasteiger partial charge in [0.2, 0.25) is 0 Å². The molecule has 3 nitrogen and oxygen atoms in total. The Kier molecular flexibility index (Phi) is 5.35. The second-order valence-electron chi connectivity index (χ2n) is 9.38. The third-order valence-electron chi connectivity index (χ3n) is 8.14. The topological polar surface area (TPSA) is 50.8 Å². The second kappa shape index (κ2) is 7.57. The molecule has 0 spiro atoms. The lowest BCUT2D eigenvalue weighted by Gasteiger charge is -2.64. The van der Waals surface area contributed by atoms with Crippen molar-refractivity contribution < 1.29 is 13.2 Å². The molecule has 30 heavy (non-hydrogen) atoms. The fourth-order valence-corrected chi connectivity index (χ4v) is 6.85. The first-order chi connectivity index (χ1) is 14.3. The van der Waals surface area contributed by atoms with E-state index in [9.17, 15) is 23.7 Å². The summed E-state index contributed by atoms with van der Waals surface area (Å²) in [6.45, 7) is 2.17. The minimum atomic E-state index is -4.46. The van der Waals surface area contributed by atoms with Gasteiger partial charge in [-0.15, -0.1) is 0 Å². The summed E-state index contributed by atoms with van der Waals surface area (Å²) in [7, 11) is 0. The van der Waals surface area contributed by atoms with E-state index in [1.807, 2.05) is 4.90 Å². The zero-order chi connectivity index (χ0) is 21.6. The van der Waals surface area contributed by atoms with E-state index >= 15 is 0 Å². The molecule has 1 aromatic carbocycles. The summed E-state index contributed by atoms with van der Waals surface area (Å²) in [4.78, 5) is 1.94. The number of fused-ring (bicyclic) bond motifs is 2. The summed E-state index contributed by atoms with van der Waals surface area (Å²) in [5.74, 6) is 0.414. The van der Waals surface area contributed by atoms with E-state index in [0.717, 1.165) is 44.6 Å². The monoisotopic (exact) mass is 415 g/mol. The predicted molar refractivity (Wildman–Crippen MR) is 107 cm³/mol. The highest BCUT2D eigenvalue weighted by Crippen LogP contribution is 2.58. The van der Waals surface area contributed by atoms with Crippen LogP contribution in [0.3, 0.4) is 0 Å². The molecular formula is C24H28F3N3. The van der Waals surface area contributed by atoms with Gasteiger partial charge in [-0.05, 0) is 55.1 Å². The first-order valence-electron chi connectivity index (χ1n) is 11.1. The van der Waals surface area contributed by atoms with Gasteiger partial charge in [-0.3, -0.25) is 4.90 Å². The van der Waals surface area contributed by atoms with E-state index < -0.39 is 22.8 Å². The first-order valence-corrected chi connectivity index (χ1v) is 11.1. The molecule has 6 heteroatoms. The summed E-state index contributed by atoms with van der Waals surface area (Å²) in [6, 6.07) is 10.8. The van der Waals surface area contributed by atoms with Crippen molar-refractivity contribution in [1.82, 2.24) is 4.90 Å². The van der Waals surface area contributed by atoms with Crippen LogP contribution in [0.4, 0.5) is 13.2 Å². The van der Waals surface area contributed by atoms with Crippen molar-refractivity contribution in [2.45, 2.75) is 82.1 Å². The van der Waals surface area contributed by atoms with Gasteiger partial charge in [0.25, 0.3) is 0 Å². The van der Waals surface area contributed by atoms with E-state index in [0.29, 0.717) is 12.8 Å². The zero-order valence-corrected chi connectivity index (χ0v) is 17.4. The summed E-state index contributed by atoms with van der Waals surface area (Å²) >= 11 is 0. The Balaban J connectivity index is 1.88. The van der Waals surface area contributed by atoms with Crippen LogP contribution in [0, 0.1) is 40.4 Å². The maximum atomic E-state index is 13.7. The van der Waals surface area contributed by atoms with Crippen LogP contribution in [0.5, 0.6) is 0 Å². The highest BCUT2D eigenvalue weighted by molar-refractivity contribution is 5.34. The van der Waals surface area contributed by atoms with Crippen molar-refractivity contribution in [2.24, 2.45) is 17.8 Å². The van der Waals surface area contributed by atoms with Crippen molar-refractivity contribution >= 4 is 0 Å². The molecule has 160 valence electrons. The molecule has 0 aromatic heterocycles. The number of hydrogen-bond donors (Lipinski definition) is 0. The third-order valence-corrected chi connectivity index (χ3v) is 8.14. The van der Waals surface area contributed by atoms with Gasteiger partial charge in [0.1, 0.15) is 11.1 Å². The number of rotatable bonds is 2. The number of benzene rings is 1. The molecule has 2 aliphatic carbocycles. The number of piperidine rings is 1. The van der Waals surface area contributed by atoms with Crippen LogP contribution >= 0.6 is 0 Å². The number of hydrogen-bond acceptors (Lipinski definition) is 3. The van der Waals surface area contributed by atoms with Crippen LogP contribution in [0.15, 0.2) is 24.3 Å². The number of nitriles is 2. The lowest BCUT2D eigenvalue weighted by atomic mass is 9.52. The normalized spacial score (nSPS) is 36.8. The standard InChI is InChI=1S/C24H28F3N3/c1-17-19-9-4-6-12-22(19,15-28)30(23(16-29)13-7-5-10-20(17)23)14-18-8-2-3-11-21(18)24(25,26)27/h2-3,8,11,17,19-20H,4-7,9-10,12-14H2,1H3/t17?,19-,20+,22-,23+. The minimum absolute atomic E-state index is 0.00345. The lowest BCUT2D eigenvalue weighted by Crippen LogP contribution is -2.72. The van der Waals surface area contributed by atoms with Crippen LogP contribution in [-0.4, -0.2) is 16.0 Å². The summed E-state index contributed by atoms with van der Waals surface area (Å²) in [6.07, 6.45) is 2.44. The zero-order valence-electron chi connectivity index (χ0n) is 17.4. The molecule has 0 radical (unpaired) electrons. The molecule has 5 atom stereocenters. The van der Waals surface area contributed by atoms with Crippen LogP contribution in [0.25, 0.3) is 0 Å². The van der Waals surface area contributed by atoms with E-state index in [1.165, 1.54) is 12.1 Å². The molecule has 4 rings (SSSR count). The Bertz CT molecular complexity index is 841. The molecule has 1 saturated heterocycles. The van der Waals surface area contributed by atoms with Gasteiger partial charge < -0.3 is 0 Å². The Hall–Kier alpha value is -2.05. The fraction of sp³-hybridized carbons (Fsp3) is 0.667. The van der Waals surface area contributed by atoms with Gasteiger partial charge in [-0.2, -0.15) is 23.7 Å². The summed E-state index contributed by atoms with van der Waals surface area (Å²) in [5.41, 5.74) is -2.25. The average Bonchev–Trinajstić information content (AvgIpc) is 2.76. The van der Waals surface area contributed by atoms with Crippen LogP contribution in [0.2, 0.25) is 0 Å². The number of alkyl halides is 3. The number of likely N-dealkylation sites (tertiary alicyclic amines) is 1. The number of nitrogens with zero attached hydrogens (tertiary/aromatic N) is 3. The lowest BCUT2D eigenvalue weighted by molar-refractivity contribution is -0.151. The molecule has 0 N–H and O–H groups in total. The second-order valence-corrected chi connectivity index (χ2v) is 9.38. The Labute approximate surface area is 176 Å². The smallest absolute Gasteiger partial charge is 0.262 e. The van der Waals surface area contributed by atoms with Crippen LogP contribution < -0.4 is 0 Å². The molecule has 1 aromatic rings. The fourth-order valence-electron chi connectivity index (χ4n) is 6.85. The molecular weight excluding hydrogens is 387 g/mol. The predicted octanol–water partition coefficient (Wildman–Crippen LogP) is 6.06. The Morgan fingerprint density at radius 1 is 0.967 bits per heavy atom. The van der Waals surface area contributed by atoms with Crippen LogP contribution in [-0.2, 0) is 12.7 Å². The van der Waals surface area contributed by atoms with E-state index in [2.05, 4.69) is 19.1 Å². The minimum Gasteiger partial charge on any atom is -0.262 e. The van der Waals surface area contributed by atoms with Crippen molar-refractivity contribution in [2.75, 3.05) is 0 Å². The Morgan fingerprint density at radius 2 is 1.50 bits per heavy atom. The molecule has 3 aliphatic rings. The SMILES string of the molecule is CC1[C@H]2CCCC[C@]2(C#N)N(Cc2ccccc2C(F)(F)F)[C@]2(C#N)CCCC[C@@H]12. The van der Waals surface area contributed by atoms with E-state index in [4.69, 9.17) is 0 Å². The molecule has 3 fully saturated rings. The average molecular weight is 416 g/mol. The first kappa shape index (κ1) is 21.2. The number of halogens is 3. The van der Waals surface area contributed by atoms with Crippen molar-refractivity contribution in [3.8, 4) is 12.1 Å². The van der Waals surface area contributed by atoms with Gasteiger partial charge in [-0.1, -0.05) is 50.8 Å². The van der Waals surface area contributed by atoms with Gasteiger partial charge in [0.05, 0.1) is 17.7 Å². The van der Waals surface area contributed by atoms with E-state index in [1.54, 1.807) is 6.07 Å². The van der Waals surface area contributed by atoms with Gasteiger partial charge in [0.15, 0.2) is 0 Å². The maximum Gasteiger partial charge on any atom is 0.416 e. The summed E-state index contributed by atoms with van der Waals surface area (Å²) < 4.78 is 41.2. The summed E-state index contributed by atoms with van der Waals surface area (Å²) in [5, 5.41) is 20.9. The van der Waals surface area contributed by atoms with Crippen molar-refractivity contribution in [3.63, 3.8) is 0 Å². The third kappa shape index (κ3) is 3.04. The maximum absolute atomic E-state index is 13.7. The molecule has 1 unspecified atom stereocenters. The quantitative estimate of drug-likeness (QED) is 0.590. The molecule has 1 aliphatic heterocycles. The largest absolute Gasteiger partial charge is 0.416 e. The van der Waals surface area contributed by atoms with E-state index in [-0.39, 0.29) is 29.9 Å². The van der Waals surface area contributed by atoms with Gasteiger partial charge in [-0.25, -0.2) is 0 Å². The van der Waals surface area contributed by atoms with Crippen molar-refractivity contribution in [3.05, 3.63) is 35.4 Å². The molecule has 1 heterocycles. The highest BCUT2D eigenvalue weighted by Gasteiger charge is 2.64. The van der Waals surface area contributed by atoms with Crippen molar-refractivity contribution in [1.29, 1.82) is 10.5 Å². The molecule has 2 saturated carbocycles. The highest BCUT2D eigenvalue weighted by atomic mass is 19.4. The Morgan fingerprint density at radius 3 is 2.00 bits per heavy atom. The molecule has 0 amide bonds. The molecule has 0 bridgehead atoms. The van der Waals surface area contributed by atoms with Crippen LogP contribution in [0.1, 0.15) is 69.4 Å². The van der Waals surface area contributed by atoms with Gasteiger partial charge >= 0.3 is 6.18 Å².